The molecule has 19 heavy (non-hydrogen) atoms. The third kappa shape index (κ3) is 4.04. The predicted molar refractivity (Wildman–Crippen MR) is 76.6 cm³/mol. The van der Waals surface area contributed by atoms with Gasteiger partial charge >= 0.3 is 0 Å². The highest BCUT2D eigenvalue weighted by molar-refractivity contribution is 5.83. The zero-order valence-corrected chi connectivity index (χ0v) is 11.5. The molecule has 4 nitrogen and oxygen atoms in total. The lowest BCUT2D eigenvalue weighted by molar-refractivity contribution is -0.123. The Bertz CT molecular complexity index is 401. The summed E-state index contributed by atoms with van der Waals surface area (Å²) in [7, 11) is 0. The van der Waals surface area contributed by atoms with Gasteiger partial charge in [-0.05, 0) is 38.4 Å². The first-order valence-corrected chi connectivity index (χ1v) is 7.00. The molecule has 1 heterocycles. The summed E-state index contributed by atoms with van der Waals surface area (Å²) >= 11 is 0. The highest BCUT2D eigenvalue weighted by Crippen LogP contribution is 2.11. The van der Waals surface area contributed by atoms with Crippen molar-refractivity contribution in [2.75, 3.05) is 19.6 Å². The molecule has 1 aromatic rings. The second kappa shape index (κ2) is 6.68. The lowest BCUT2D eigenvalue weighted by atomic mass is 10.1. The molecule has 2 atom stereocenters. The zero-order chi connectivity index (χ0) is 13.7. The second-order valence-corrected chi connectivity index (χ2v) is 5.31. The molecule has 1 fully saturated rings. The lowest BCUT2D eigenvalue weighted by Gasteiger charge is -2.22. The number of carbonyl (C=O) groups is 1. The van der Waals surface area contributed by atoms with Gasteiger partial charge in [0.2, 0.25) is 5.91 Å². The number of hydrogen-bond donors (Lipinski definition) is 2. The van der Waals surface area contributed by atoms with Gasteiger partial charge in [-0.2, -0.15) is 0 Å². The number of carbonyl (C=O) groups excluding carboxylic acids is 1. The summed E-state index contributed by atoms with van der Waals surface area (Å²) < 4.78 is 0. The van der Waals surface area contributed by atoms with E-state index in [1.54, 1.807) is 0 Å². The quantitative estimate of drug-likeness (QED) is 0.839. The number of likely N-dealkylation sites (tertiary alicyclic amines) is 1. The molecule has 4 heteroatoms. The van der Waals surface area contributed by atoms with Crippen molar-refractivity contribution in [1.29, 1.82) is 0 Å². The molecule has 0 aliphatic carbocycles. The van der Waals surface area contributed by atoms with Gasteiger partial charge in [-0.15, -0.1) is 0 Å². The number of nitrogens with zero attached hydrogens (tertiary/aromatic N) is 1. The van der Waals surface area contributed by atoms with Crippen LogP contribution in [0.15, 0.2) is 30.3 Å². The fourth-order valence-electron chi connectivity index (χ4n) is 2.54. The minimum Gasteiger partial charge on any atom is -0.351 e. The van der Waals surface area contributed by atoms with Crippen molar-refractivity contribution in [1.82, 2.24) is 10.2 Å². The number of rotatable bonds is 5. The molecule has 1 aliphatic rings. The summed E-state index contributed by atoms with van der Waals surface area (Å²) in [4.78, 5) is 14.5. The van der Waals surface area contributed by atoms with Crippen LogP contribution in [0.2, 0.25) is 0 Å². The van der Waals surface area contributed by atoms with Crippen LogP contribution in [-0.2, 0) is 4.79 Å². The van der Waals surface area contributed by atoms with Crippen molar-refractivity contribution in [3.05, 3.63) is 35.9 Å². The third-order valence-corrected chi connectivity index (χ3v) is 3.56. The molecule has 0 bridgehead atoms. The van der Waals surface area contributed by atoms with Gasteiger partial charge < -0.3 is 16.0 Å². The Hall–Kier alpha value is -1.39. The summed E-state index contributed by atoms with van der Waals surface area (Å²) in [5, 5.41) is 3.00. The summed E-state index contributed by atoms with van der Waals surface area (Å²) in [6, 6.07) is 9.05. The van der Waals surface area contributed by atoms with Crippen LogP contribution in [0.5, 0.6) is 0 Å². The predicted octanol–water partition coefficient (Wildman–Crippen LogP) is 1.29. The highest BCUT2D eigenvalue weighted by atomic mass is 16.2. The van der Waals surface area contributed by atoms with Gasteiger partial charge in [0.15, 0.2) is 0 Å². The molecular weight excluding hydrogens is 238 g/mol. The number of amides is 1. The fourth-order valence-corrected chi connectivity index (χ4v) is 2.54. The fraction of sp³-hybridized carbons (Fsp3) is 0.533. The van der Waals surface area contributed by atoms with Gasteiger partial charge in [0.05, 0.1) is 0 Å². The van der Waals surface area contributed by atoms with E-state index in [0.29, 0.717) is 0 Å². The molecule has 0 spiro atoms. The summed E-state index contributed by atoms with van der Waals surface area (Å²) in [6.07, 6.45) is 2.54. The van der Waals surface area contributed by atoms with Crippen LogP contribution in [0, 0.1) is 0 Å². The van der Waals surface area contributed by atoms with E-state index in [1.165, 1.54) is 12.8 Å². The Morgan fingerprint density at radius 2 is 1.95 bits per heavy atom. The standard InChI is InChI=1S/C15H23N3O/c1-12(11-18-9-5-6-10-18)17-15(19)14(16)13-7-3-2-4-8-13/h2-4,7-8,12,14H,5-6,9-11,16H2,1H3,(H,17,19)/t12?,14-/m1/s1. The maximum absolute atomic E-state index is 12.1. The maximum atomic E-state index is 12.1. The van der Waals surface area contributed by atoms with E-state index in [1.807, 2.05) is 37.3 Å². The first kappa shape index (κ1) is 14.0. The summed E-state index contributed by atoms with van der Waals surface area (Å²) in [6.45, 7) is 5.23. The minimum atomic E-state index is -0.581. The van der Waals surface area contributed by atoms with Gasteiger partial charge in [0, 0.05) is 12.6 Å². The van der Waals surface area contributed by atoms with Gasteiger partial charge in [-0.3, -0.25) is 4.79 Å². The molecule has 104 valence electrons. The van der Waals surface area contributed by atoms with Crippen molar-refractivity contribution in [3.63, 3.8) is 0 Å². The van der Waals surface area contributed by atoms with Crippen molar-refractivity contribution in [2.45, 2.75) is 31.8 Å². The first-order chi connectivity index (χ1) is 9.16. The number of nitrogens with one attached hydrogen (secondary N) is 1. The van der Waals surface area contributed by atoms with E-state index in [0.717, 1.165) is 25.2 Å². The maximum Gasteiger partial charge on any atom is 0.241 e. The molecule has 1 aliphatic heterocycles. The monoisotopic (exact) mass is 261 g/mol. The highest BCUT2D eigenvalue weighted by Gasteiger charge is 2.19. The zero-order valence-electron chi connectivity index (χ0n) is 11.5. The third-order valence-electron chi connectivity index (χ3n) is 3.56. The van der Waals surface area contributed by atoms with Crippen LogP contribution < -0.4 is 11.1 Å². The minimum absolute atomic E-state index is 0.0992. The van der Waals surface area contributed by atoms with Gasteiger partial charge in [-0.1, -0.05) is 30.3 Å². The van der Waals surface area contributed by atoms with E-state index >= 15 is 0 Å². The molecule has 0 aromatic heterocycles. The van der Waals surface area contributed by atoms with Crippen LogP contribution in [0.3, 0.4) is 0 Å². The van der Waals surface area contributed by atoms with Gasteiger partial charge in [0.25, 0.3) is 0 Å². The average molecular weight is 261 g/mol. The van der Waals surface area contributed by atoms with Gasteiger partial charge in [0.1, 0.15) is 6.04 Å². The van der Waals surface area contributed by atoms with E-state index in [2.05, 4.69) is 10.2 Å². The summed E-state index contributed by atoms with van der Waals surface area (Å²) in [5.41, 5.74) is 6.82. The molecule has 1 saturated heterocycles. The van der Waals surface area contributed by atoms with Crippen molar-refractivity contribution in [3.8, 4) is 0 Å². The average Bonchev–Trinajstić information content (AvgIpc) is 2.91. The summed E-state index contributed by atoms with van der Waals surface area (Å²) in [5.74, 6) is -0.0992. The number of benzene rings is 1. The molecule has 1 aromatic carbocycles. The molecule has 1 unspecified atom stereocenters. The SMILES string of the molecule is CC(CN1CCCC1)NC(=O)[C@H](N)c1ccccc1. The Labute approximate surface area is 115 Å². The smallest absolute Gasteiger partial charge is 0.241 e. The molecule has 1 amide bonds. The van der Waals surface area contributed by atoms with Crippen molar-refractivity contribution in [2.24, 2.45) is 5.73 Å². The molecule has 0 saturated carbocycles. The molecule has 3 N–H and O–H groups in total. The first-order valence-electron chi connectivity index (χ1n) is 7.00. The van der Waals surface area contributed by atoms with E-state index in [9.17, 15) is 4.79 Å². The normalized spacial score (nSPS) is 19.1. The second-order valence-electron chi connectivity index (χ2n) is 5.31. The topological polar surface area (TPSA) is 58.4 Å². The number of nitrogens with two attached hydrogens (primary N) is 1. The molecule has 0 radical (unpaired) electrons. The largest absolute Gasteiger partial charge is 0.351 e. The van der Waals surface area contributed by atoms with Crippen LogP contribution in [-0.4, -0.2) is 36.5 Å². The van der Waals surface area contributed by atoms with Crippen LogP contribution in [0.25, 0.3) is 0 Å². The van der Waals surface area contributed by atoms with Crippen molar-refractivity contribution < 1.29 is 4.79 Å². The van der Waals surface area contributed by atoms with Gasteiger partial charge in [-0.25, -0.2) is 0 Å². The van der Waals surface area contributed by atoms with E-state index < -0.39 is 6.04 Å². The van der Waals surface area contributed by atoms with E-state index in [-0.39, 0.29) is 11.9 Å². The Morgan fingerprint density at radius 1 is 1.32 bits per heavy atom. The van der Waals surface area contributed by atoms with E-state index in [4.69, 9.17) is 5.73 Å². The molecule has 2 rings (SSSR count). The Kier molecular flexibility index (Phi) is 4.93. The van der Waals surface area contributed by atoms with Crippen LogP contribution in [0.4, 0.5) is 0 Å². The van der Waals surface area contributed by atoms with Crippen LogP contribution >= 0.6 is 0 Å². The molecular formula is C15H23N3O. The Morgan fingerprint density at radius 3 is 2.58 bits per heavy atom. The van der Waals surface area contributed by atoms with Crippen LogP contribution in [0.1, 0.15) is 31.4 Å². The number of hydrogen-bond acceptors (Lipinski definition) is 3. The Balaban J connectivity index is 1.82. The van der Waals surface area contributed by atoms with Crippen molar-refractivity contribution >= 4 is 5.91 Å². The lowest BCUT2D eigenvalue weighted by Crippen LogP contribution is -2.44.